The molecular formula is C13H14FN3O2. The Labute approximate surface area is 109 Å². The highest BCUT2D eigenvalue weighted by Crippen LogP contribution is 2.20. The third kappa shape index (κ3) is 2.73. The number of rotatable bonds is 3. The number of carbonyl (C=O) groups is 1. The first-order chi connectivity index (χ1) is 8.99. The first-order valence-electron chi connectivity index (χ1n) is 5.75. The van der Waals surface area contributed by atoms with Crippen LogP contribution in [0.25, 0.3) is 5.69 Å². The molecule has 19 heavy (non-hydrogen) atoms. The SMILES string of the molecule is C[C@@H](c1ccc(-n2cc(F)cn2)cc1)N(C)C(=O)O. The average Bonchev–Trinajstić information content (AvgIpc) is 2.84. The Hall–Kier alpha value is -2.37. The van der Waals surface area contributed by atoms with E-state index in [-0.39, 0.29) is 6.04 Å². The molecule has 6 heteroatoms. The summed E-state index contributed by atoms with van der Waals surface area (Å²) in [4.78, 5) is 12.1. The van der Waals surface area contributed by atoms with Crippen LogP contribution < -0.4 is 0 Å². The zero-order valence-corrected chi connectivity index (χ0v) is 10.6. The maximum absolute atomic E-state index is 12.9. The molecule has 0 aliphatic carbocycles. The standard InChI is InChI=1S/C13H14FN3O2/c1-9(16(2)13(18)19)10-3-5-12(6-4-10)17-8-11(14)7-15-17/h3-9H,1-2H3,(H,18,19)/t9-/m0/s1. The molecule has 1 heterocycles. The smallest absolute Gasteiger partial charge is 0.407 e. The number of amides is 1. The van der Waals surface area contributed by atoms with Crippen LogP contribution in [-0.2, 0) is 0 Å². The Morgan fingerprint density at radius 3 is 2.53 bits per heavy atom. The van der Waals surface area contributed by atoms with Crippen LogP contribution >= 0.6 is 0 Å². The molecule has 0 saturated carbocycles. The van der Waals surface area contributed by atoms with Gasteiger partial charge in [0.25, 0.3) is 0 Å². The fourth-order valence-corrected chi connectivity index (χ4v) is 1.74. The molecule has 0 unspecified atom stereocenters. The Morgan fingerprint density at radius 2 is 2.05 bits per heavy atom. The van der Waals surface area contributed by atoms with E-state index in [1.807, 2.05) is 0 Å². The summed E-state index contributed by atoms with van der Waals surface area (Å²) < 4.78 is 14.3. The third-order valence-electron chi connectivity index (χ3n) is 3.07. The van der Waals surface area contributed by atoms with Crippen molar-refractivity contribution in [2.45, 2.75) is 13.0 Å². The monoisotopic (exact) mass is 263 g/mol. The van der Waals surface area contributed by atoms with Crippen molar-refractivity contribution >= 4 is 6.09 Å². The molecule has 5 nitrogen and oxygen atoms in total. The van der Waals surface area contributed by atoms with Crippen LogP contribution in [0.5, 0.6) is 0 Å². The summed E-state index contributed by atoms with van der Waals surface area (Å²) in [5.41, 5.74) is 1.58. The molecule has 0 aliphatic rings. The lowest BCUT2D eigenvalue weighted by atomic mass is 10.1. The van der Waals surface area contributed by atoms with Crippen LogP contribution in [0, 0.1) is 5.82 Å². The van der Waals surface area contributed by atoms with E-state index in [1.165, 1.54) is 22.8 Å². The second-order valence-corrected chi connectivity index (χ2v) is 4.26. The van der Waals surface area contributed by atoms with Gasteiger partial charge in [-0.3, -0.25) is 0 Å². The van der Waals surface area contributed by atoms with Gasteiger partial charge in [-0.25, -0.2) is 13.9 Å². The van der Waals surface area contributed by atoms with Crippen LogP contribution in [-0.4, -0.2) is 32.9 Å². The molecule has 1 amide bonds. The normalized spacial score (nSPS) is 12.2. The van der Waals surface area contributed by atoms with Gasteiger partial charge in [0.2, 0.25) is 0 Å². The predicted octanol–water partition coefficient (Wildman–Crippen LogP) is 2.68. The van der Waals surface area contributed by atoms with E-state index in [0.29, 0.717) is 0 Å². The lowest BCUT2D eigenvalue weighted by molar-refractivity contribution is 0.142. The van der Waals surface area contributed by atoms with Gasteiger partial charge >= 0.3 is 6.09 Å². The summed E-state index contributed by atoms with van der Waals surface area (Å²) in [6, 6.07) is 6.90. The van der Waals surface area contributed by atoms with Crippen LogP contribution in [0.1, 0.15) is 18.5 Å². The number of carboxylic acid groups (broad SMARTS) is 1. The van der Waals surface area contributed by atoms with E-state index in [9.17, 15) is 9.18 Å². The second kappa shape index (κ2) is 5.09. The lowest BCUT2D eigenvalue weighted by Crippen LogP contribution is -2.27. The molecule has 0 bridgehead atoms. The van der Waals surface area contributed by atoms with Crippen molar-refractivity contribution in [1.29, 1.82) is 0 Å². The molecule has 2 aromatic rings. The van der Waals surface area contributed by atoms with Crippen molar-refractivity contribution in [2.75, 3.05) is 7.05 Å². The fourth-order valence-electron chi connectivity index (χ4n) is 1.74. The summed E-state index contributed by atoms with van der Waals surface area (Å²) in [6.45, 7) is 1.80. The largest absolute Gasteiger partial charge is 0.465 e. The second-order valence-electron chi connectivity index (χ2n) is 4.26. The number of benzene rings is 1. The molecule has 0 radical (unpaired) electrons. The van der Waals surface area contributed by atoms with E-state index < -0.39 is 11.9 Å². The fraction of sp³-hybridized carbons (Fsp3) is 0.231. The number of aromatic nitrogens is 2. The topological polar surface area (TPSA) is 58.4 Å². The van der Waals surface area contributed by atoms with Crippen molar-refractivity contribution in [3.8, 4) is 5.69 Å². The molecular weight excluding hydrogens is 249 g/mol. The van der Waals surface area contributed by atoms with Gasteiger partial charge in [-0.2, -0.15) is 5.10 Å². The van der Waals surface area contributed by atoms with Crippen LogP contribution in [0.4, 0.5) is 9.18 Å². The van der Waals surface area contributed by atoms with Crippen molar-refractivity contribution in [2.24, 2.45) is 0 Å². The number of nitrogens with zero attached hydrogens (tertiary/aromatic N) is 3. The summed E-state index contributed by atoms with van der Waals surface area (Å²) in [6.07, 6.45) is 1.43. The minimum atomic E-state index is -0.981. The van der Waals surface area contributed by atoms with Crippen molar-refractivity contribution in [3.63, 3.8) is 0 Å². The van der Waals surface area contributed by atoms with Gasteiger partial charge in [0.15, 0.2) is 5.82 Å². The molecule has 100 valence electrons. The molecule has 1 aromatic heterocycles. The highest BCUT2D eigenvalue weighted by atomic mass is 19.1. The van der Waals surface area contributed by atoms with Crippen LogP contribution in [0.15, 0.2) is 36.7 Å². The summed E-state index contributed by atoms with van der Waals surface area (Å²) in [7, 11) is 1.52. The van der Waals surface area contributed by atoms with Gasteiger partial charge in [-0.15, -0.1) is 0 Å². The van der Waals surface area contributed by atoms with E-state index in [0.717, 1.165) is 17.4 Å². The third-order valence-corrected chi connectivity index (χ3v) is 3.07. The van der Waals surface area contributed by atoms with Crippen molar-refractivity contribution < 1.29 is 14.3 Å². The summed E-state index contributed by atoms with van der Waals surface area (Å²) >= 11 is 0. The Balaban J connectivity index is 2.21. The molecule has 2 rings (SSSR count). The van der Waals surface area contributed by atoms with Gasteiger partial charge < -0.3 is 10.0 Å². The van der Waals surface area contributed by atoms with Gasteiger partial charge in [0.05, 0.1) is 24.1 Å². The minimum absolute atomic E-state index is 0.249. The first kappa shape index (κ1) is 13.1. The van der Waals surface area contributed by atoms with Crippen molar-refractivity contribution in [3.05, 3.63) is 48.0 Å². The van der Waals surface area contributed by atoms with E-state index in [4.69, 9.17) is 5.11 Å². The van der Waals surface area contributed by atoms with Gasteiger partial charge in [0, 0.05) is 7.05 Å². The Morgan fingerprint density at radius 1 is 1.42 bits per heavy atom. The minimum Gasteiger partial charge on any atom is -0.465 e. The van der Waals surface area contributed by atoms with E-state index >= 15 is 0 Å². The number of halogens is 1. The molecule has 0 aliphatic heterocycles. The average molecular weight is 263 g/mol. The maximum atomic E-state index is 12.9. The molecule has 1 atom stereocenters. The zero-order chi connectivity index (χ0) is 14.0. The summed E-state index contributed by atoms with van der Waals surface area (Å²) in [5.74, 6) is -0.400. The highest BCUT2D eigenvalue weighted by Gasteiger charge is 2.16. The van der Waals surface area contributed by atoms with Gasteiger partial charge in [-0.1, -0.05) is 12.1 Å². The summed E-state index contributed by atoms with van der Waals surface area (Å²) in [5, 5.41) is 12.8. The molecule has 0 fully saturated rings. The first-order valence-corrected chi connectivity index (χ1v) is 5.75. The van der Waals surface area contributed by atoms with Crippen LogP contribution in [0.2, 0.25) is 0 Å². The zero-order valence-electron chi connectivity index (χ0n) is 10.6. The number of hydrogen-bond acceptors (Lipinski definition) is 2. The lowest BCUT2D eigenvalue weighted by Gasteiger charge is -2.22. The quantitative estimate of drug-likeness (QED) is 0.926. The predicted molar refractivity (Wildman–Crippen MR) is 67.7 cm³/mol. The van der Waals surface area contributed by atoms with E-state index in [1.54, 1.807) is 31.2 Å². The van der Waals surface area contributed by atoms with E-state index in [2.05, 4.69) is 5.10 Å². The Kier molecular flexibility index (Phi) is 3.50. The van der Waals surface area contributed by atoms with Gasteiger partial charge in [0.1, 0.15) is 0 Å². The Bertz CT molecular complexity index is 580. The highest BCUT2D eigenvalue weighted by molar-refractivity contribution is 5.65. The molecule has 1 N–H and O–H groups in total. The van der Waals surface area contributed by atoms with Crippen molar-refractivity contribution in [1.82, 2.24) is 14.7 Å². The molecule has 0 spiro atoms. The number of hydrogen-bond donors (Lipinski definition) is 1. The van der Waals surface area contributed by atoms with Crippen LogP contribution in [0.3, 0.4) is 0 Å². The maximum Gasteiger partial charge on any atom is 0.407 e. The molecule has 0 saturated heterocycles. The van der Waals surface area contributed by atoms with Gasteiger partial charge in [-0.05, 0) is 24.6 Å². The molecule has 1 aromatic carbocycles.